The Hall–Kier alpha value is -2.97. The van der Waals surface area contributed by atoms with Gasteiger partial charge in [0.05, 0.1) is 18.8 Å². The Morgan fingerprint density at radius 3 is 2.73 bits per heavy atom. The molecule has 0 radical (unpaired) electrons. The molecule has 2 rings (SSSR count). The largest absolute Gasteiger partial charge is 0.573 e. The number of benzene rings is 1. The third-order valence-corrected chi connectivity index (χ3v) is 3.09. The first kappa shape index (κ1) is 19.4. The van der Waals surface area contributed by atoms with Gasteiger partial charge in [-0.1, -0.05) is 25.1 Å². The fourth-order valence-corrected chi connectivity index (χ4v) is 2.00. The summed E-state index contributed by atoms with van der Waals surface area (Å²) in [5.74, 6) is -0.00767. The van der Waals surface area contributed by atoms with Crippen LogP contribution in [0.15, 0.2) is 47.6 Å². The summed E-state index contributed by atoms with van der Waals surface area (Å²) in [6.07, 6.45) is -2.37. The fraction of sp³-hybridized carbons (Fsp3) is 0.294. The standard InChI is InChI=1S/C17H19F3N4O2/c1-2-10-25-15-12(6-5-9-22-15)11-23-16(21)24-13-7-3-4-8-14(13)26-17(18,19)20/h3-9H,2,10-11H2,1H3,(H3,21,23,24). The van der Waals surface area contributed by atoms with Crippen LogP contribution in [0.5, 0.6) is 11.6 Å². The van der Waals surface area contributed by atoms with Gasteiger partial charge < -0.3 is 20.5 Å². The van der Waals surface area contributed by atoms with Crippen molar-refractivity contribution in [2.24, 2.45) is 10.7 Å². The molecule has 3 N–H and O–H groups in total. The lowest BCUT2D eigenvalue weighted by atomic mass is 10.2. The molecule has 26 heavy (non-hydrogen) atoms. The number of pyridine rings is 1. The summed E-state index contributed by atoms with van der Waals surface area (Å²) in [6, 6.07) is 9.09. The van der Waals surface area contributed by atoms with Crippen molar-refractivity contribution in [1.29, 1.82) is 0 Å². The minimum absolute atomic E-state index is 0.0553. The smallest absolute Gasteiger partial charge is 0.477 e. The van der Waals surface area contributed by atoms with Crippen molar-refractivity contribution in [3.8, 4) is 11.6 Å². The van der Waals surface area contributed by atoms with Crippen LogP contribution in [-0.4, -0.2) is 23.9 Å². The van der Waals surface area contributed by atoms with Crippen molar-refractivity contribution in [3.05, 3.63) is 48.2 Å². The zero-order valence-electron chi connectivity index (χ0n) is 14.1. The van der Waals surface area contributed by atoms with E-state index in [-0.39, 0.29) is 18.2 Å². The van der Waals surface area contributed by atoms with Crippen molar-refractivity contribution in [3.63, 3.8) is 0 Å². The van der Waals surface area contributed by atoms with Crippen LogP contribution >= 0.6 is 0 Å². The summed E-state index contributed by atoms with van der Waals surface area (Å²) < 4.78 is 46.8. The number of anilines is 1. The number of guanidine groups is 1. The van der Waals surface area contributed by atoms with Crippen molar-refractivity contribution in [2.75, 3.05) is 11.9 Å². The van der Waals surface area contributed by atoms with Gasteiger partial charge in [-0.3, -0.25) is 0 Å². The van der Waals surface area contributed by atoms with Crippen LogP contribution in [0.3, 0.4) is 0 Å². The molecule has 2 aromatic rings. The Kier molecular flexibility index (Phi) is 6.65. The molecule has 9 heteroatoms. The second kappa shape index (κ2) is 8.93. The molecule has 1 aromatic heterocycles. The van der Waals surface area contributed by atoms with E-state index >= 15 is 0 Å². The molecular weight excluding hydrogens is 349 g/mol. The van der Waals surface area contributed by atoms with E-state index in [1.54, 1.807) is 24.4 Å². The van der Waals surface area contributed by atoms with E-state index in [4.69, 9.17) is 10.5 Å². The SMILES string of the molecule is CCCOc1ncccc1CN=C(N)Nc1ccccc1OC(F)(F)F. The molecule has 0 saturated carbocycles. The molecule has 0 unspecified atom stereocenters. The number of para-hydroxylation sites is 2. The van der Waals surface area contributed by atoms with Crippen LogP contribution in [0.25, 0.3) is 0 Å². The molecule has 0 aliphatic heterocycles. The number of aliphatic imine (C=N–C) groups is 1. The van der Waals surface area contributed by atoms with Crippen LogP contribution in [-0.2, 0) is 6.54 Å². The average molecular weight is 368 g/mol. The Balaban J connectivity index is 2.08. The molecule has 140 valence electrons. The molecule has 0 fully saturated rings. The summed E-state index contributed by atoms with van der Waals surface area (Å²) >= 11 is 0. The van der Waals surface area contributed by atoms with Gasteiger partial charge in [0.1, 0.15) is 0 Å². The number of nitrogens with zero attached hydrogens (tertiary/aromatic N) is 2. The zero-order valence-corrected chi connectivity index (χ0v) is 14.1. The number of aromatic nitrogens is 1. The monoisotopic (exact) mass is 368 g/mol. The summed E-state index contributed by atoms with van der Waals surface area (Å²) in [7, 11) is 0. The highest BCUT2D eigenvalue weighted by Gasteiger charge is 2.32. The highest BCUT2D eigenvalue weighted by molar-refractivity contribution is 5.93. The van der Waals surface area contributed by atoms with Crippen molar-refractivity contribution in [1.82, 2.24) is 4.98 Å². The van der Waals surface area contributed by atoms with Crippen molar-refractivity contribution >= 4 is 11.6 Å². The van der Waals surface area contributed by atoms with Gasteiger partial charge in [0.15, 0.2) is 11.7 Å². The molecule has 0 aliphatic carbocycles. The van der Waals surface area contributed by atoms with Crippen LogP contribution in [0.1, 0.15) is 18.9 Å². The lowest BCUT2D eigenvalue weighted by molar-refractivity contribution is -0.274. The Labute approximate surface area is 148 Å². The molecule has 0 spiro atoms. The van der Waals surface area contributed by atoms with Crippen molar-refractivity contribution < 1.29 is 22.6 Å². The third-order valence-electron chi connectivity index (χ3n) is 3.09. The first-order valence-corrected chi connectivity index (χ1v) is 7.87. The van der Waals surface area contributed by atoms with Gasteiger partial charge in [0.2, 0.25) is 5.88 Å². The number of hydrogen-bond donors (Lipinski definition) is 2. The maximum absolute atomic E-state index is 12.4. The quantitative estimate of drug-likeness (QED) is 0.575. The molecule has 0 bridgehead atoms. The topological polar surface area (TPSA) is 81.8 Å². The Morgan fingerprint density at radius 2 is 2.00 bits per heavy atom. The van der Waals surface area contributed by atoms with E-state index < -0.39 is 12.1 Å². The van der Waals surface area contributed by atoms with Gasteiger partial charge in [0.25, 0.3) is 0 Å². The maximum Gasteiger partial charge on any atom is 0.573 e. The van der Waals surface area contributed by atoms with E-state index in [1.165, 1.54) is 18.2 Å². The van der Waals surface area contributed by atoms with Crippen LogP contribution in [0.4, 0.5) is 18.9 Å². The minimum atomic E-state index is -4.80. The summed E-state index contributed by atoms with van der Waals surface area (Å²) in [5.41, 5.74) is 6.55. The van der Waals surface area contributed by atoms with E-state index in [0.29, 0.717) is 18.1 Å². The molecule has 0 saturated heterocycles. The van der Waals surface area contributed by atoms with Gasteiger partial charge in [-0.05, 0) is 24.6 Å². The third kappa shape index (κ3) is 6.15. The van der Waals surface area contributed by atoms with Crippen LogP contribution in [0, 0.1) is 0 Å². The molecule has 0 aliphatic rings. The molecular formula is C17H19F3N4O2. The second-order valence-electron chi connectivity index (χ2n) is 5.19. The predicted octanol–water partition coefficient (Wildman–Crippen LogP) is 3.70. The van der Waals surface area contributed by atoms with E-state index in [9.17, 15) is 13.2 Å². The van der Waals surface area contributed by atoms with Crippen LogP contribution < -0.4 is 20.5 Å². The predicted molar refractivity (Wildman–Crippen MR) is 92.1 cm³/mol. The van der Waals surface area contributed by atoms with Gasteiger partial charge in [-0.2, -0.15) is 0 Å². The highest BCUT2D eigenvalue weighted by atomic mass is 19.4. The second-order valence-corrected chi connectivity index (χ2v) is 5.19. The number of ether oxygens (including phenoxy) is 2. The molecule has 0 atom stereocenters. The van der Waals surface area contributed by atoms with Crippen molar-refractivity contribution in [2.45, 2.75) is 26.3 Å². The zero-order chi connectivity index (χ0) is 19.0. The molecule has 6 nitrogen and oxygen atoms in total. The number of nitrogens with one attached hydrogen (secondary N) is 1. The maximum atomic E-state index is 12.4. The highest BCUT2D eigenvalue weighted by Crippen LogP contribution is 2.29. The Morgan fingerprint density at radius 1 is 1.23 bits per heavy atom. The molecule has 1 aromatic carbocycles. The number of halogens is 3. The van der Waals surface area contributed by atoms with E-state index in [2.05, 4.69) is 20.0 Å². The normalized spacial score (nSPS) is 11.9. The van der Waals surface area contributed by atoms with Gasteiger partial charge in [-0.15, -0.1) is 13.2 Å². The number of nitrogens with two attached hydrogens (primary N) is 1. The lowest BCUT2D eigenvalue weighted by Gasteiger charge is -2.14. The Bertz CT molecular complexity index is 751. The lowest BCUT2D eigenvalue weighted by Crippen LogP contribution is -2.24. The first-order chi connectivity index (χ1) is 12.4. The molecule has 0 amide bonds. The van der Waals surface area contributed by atoms with Gasteiger partial charge in [0, 0.05) is 11.8 Å². The minimum Gasteiger partial charge on any atom is -0.477 e. The molecule has 1 heterocycles. The fourth-order valence-electron chi connectivity index (χ4n) is 2.00. The number of hydrogen-bond acceptors (Lipinski definition) is 4. The number of rotatable bonds is 7. The van der Waals surface area contributed by atoms with E-state index in [0.717, 1.165) is 6.42 Å². The summed E-state index contributed by atoms with van der Waals surface area (Å²) in [6.45, 7) is 2.65. The first-order valence-electron chi connectivity index (χ1n) is 7.87. The van der Waals surface area contributed by atoms with Gasteiger partial charge in [-0.25, -0.2) is 9.98 Å². The van der Waals surface area contributed by atoms with Gasteiger partial charge >= 0.3 is 6.36 Å². The van der Waals surface area contributed by atoms with E-state index in [1.807, 2.05) is 6.92 Å². The summed E-state index contributed by atoms with van der Waals surface area (Å²) in [4.78, 5) is 8.26. The average Bonchev–Trinajstić information content (AvgIpc) is 2.59. The summed E-state index contributed by atoms with van der Waals surface area (Å²) in [5, 5.41) is 2.61. The number of alkyl halides is 3. The van der Waals surface area contributed by atoms with Crippen LogP contribution in [0.2, 0.25) is 0 Å².